The van der Waals surface area contributed by atoms with Gasteiger partial charge in [0.2, 0.25) is 0 Å². The Morgan fingerprint density at radius 3 is 2.29 bits per heavy atom. The molecule has 7 nitrogen and oxygen atoms in total. The molecule has 0 fully saturated rings. The molecule has 0 spiro atoms. The van der Waals surface area contributed by atoms with E-state index in [-0.39, 0.29) is 56.3 Å². The minimum atomic E-state index is -0.945. The van der Waals surface area contributed by atoms with Crippen LogP contribution in [0.4, 0.5) is 4.79 Å². The van der Waals surface area contributed by atoms with Gasteiger partial charge >= 0.3 is 47.6 Å². The minimum Gasteiger partial charge on any atom is -1.00 e. The Bertz CT molecular complexity index is 630. The van der Waals surface area contributed by atoms with Gasteiger partial charge in [0.1, 0.15) is 5.75 Å². The van der Waals surface area contributed by atoms with Crippen molar-refractivity contribution in [3.63, 3.8) is 0 Å². The van der Waals surface area contributed by atoms with Gasteiger partial charge in [-0.15, -0.1) is 0 Å². The fourth-order valence-corrected chi connectivity index (χ4v) is 2.07. The number of rotatable bonds is 10. The Hall–Kier alpha value is -1.28. The summed E-state index contributed by atoms with van der Waals surface area (Å²) < 4.78 is 15.4. The van der Waals surface area contributed by atoms with E-state index in [0.29, 0.717) is 23.6 Å². The summed E-state index contributed by atoms with van der Waals surface area (Å²) in [7, 11) is 0. The third kappa shape index (κ3) is 11.5. The van der Waals surface area contributed by atoms with Gasteiger partial charge in [-0.2, -0.15) is 0 Å². The number of hydrogen-bond donors (Lipinski definition) is 1. The average molecular weight is 424 g/mol. The number of carbonyl (C=O) groups is 3. The van der Waals surface area contributed by atoms with Crippen LogP contribution in [-0.4, -0.2) is 30.9 Å². The molecule has 0 saturated carbocycles. The maximum absolute atomic E-state index is 11.8. The van der Waals surface area contributed by atoms with Crippen LogP contribution in [0.25, 0.3) is 0 Å². The van der Waals surface area contributed by atoms with Crippen LogP contribution in [0.5, 0.6) is 5.75 Å². The van der Waals surface area contributed by atoms with Crippen molar-refractivity contribution in [2.45, 2.75) is 52.7 Å². The normalized spacial score (nSPS) is 11.2. The molecule has 0 aromatic heterocycles. The average Bonchev–Trinajstić information content (AvgIpc) is 2.60. The van der Waals surface area contributed by atoms with E-state index in [2.05, 4.69) is 5.32 Å². The van der Waals surface area contributed by atoms with Crippen molar-refractivity contribution in [1.29, 1.82) is 0 Å². The van der Waals surface area contributed by atoms with Crippen molar-refractivity contribution >= 4 is 29.6 Å². The van der Waals surface area contributed by atoms with E-state index in [0.717, 1.165) is 0 Å². The first kappa shape index (κ1) is 26.7. The SMILES string of the molecule is CCCC(=O)OC(OC(=O)NCCCC(=O)Oc1ccc(Cl)cc1)C(C)C.[H-].[Na+]. The number of alkyl carbamates (subject to hydrolysis) is 1. The summed E-state index contributed by atoms with van der Waals surface area (Å²) in [4.78, 5) is 35.1. The Morgan fingerprint density at radius 1 is 1.07 bits per heavy atom. The van der Waals surface area contributed by atoms with Crippen LogP contribution in [0.15, 0.2) is 24.3 Å². The van der Waals surface area contributed by atoms with Crippen molar-refractivity contribution in [3.8, 4) is 5.75 Å². The second kappa shape index (κ2) is 14.7. The third-order valence-corrected chi connectivity index (χ3v) is 3.59. The molecule has 0 saturated heterocycles. The zero-order valence-electron chi connectivity index (χ0n) is 17.8. The first-order valence-corrected chi connectivity index (χ1v) is 9.29. The molecule has 0 aliphatic heterocycles. The number of carbonyl (C=O) groups excluding carboxylic acids is 3. The smallest absolute Gasteiger partial charge is 1.00 e. The molecule has 1 aromatic carbocycles. The molecule has 9 heteroatoms. The Kier molecular flexibility index (Phi) is 14.0. The van der Waals surface area contributed by atoms with E-state index in [9.17, 15) is 14.4 Å². The number of hydrogen-bond acceptors (Lipinski definition) is 6. The topological polar surface area (TPSA) is 90.9 Å². The standard InChI is InChI=1S/C19H26ClNO6.Na.H/c1-4-6-16(22)26-18(13(2)3)27-19(24)21-12-5-7-17(23)25-15-10-8-14(20)9-11-15;;/h8-11,13,18H,4-7,12H2,1-3H3,(H,21,24);;/q;+1;-1. The van der Waals surface area contributed by atoms with Gasteiger partial charge < -0.3 is 21.0 Å². The molecule has 0 heterocycles. The van der Waals surface area contributed by atoms with Crippen LogP contribution in [0, 0.1) is 5.92 Å². The van der Waals surface area contributed by atoms with Crippen molar-refractivity contribution in [3.05, 3.63) is 29.3 Å². The Labute approximate surface area is 194 Å². The molecule has 1 N–H and O–H groups in total. The maximum atomic E-state index is 11.8. The van der Waals surface area contributed by atoms with Gasteiger partial charge in [-0.05, 0) is 37.1 Å². The number of ether oxygens (including phenoxy) is 3. The van der Waals surface area contributed by atoms with Crippen LogP contribution in [0.2, 0.25) is 5.02 Å². The summed E-state index contributed by atoms with van der Waals surface area (Å²) in [6, 6.07) is 6.45. The molecule has 0 bridgehead atoms. The van der Waals surface area contributed by atoms with Crippen molar-refractivity contribution in [2.24, 2.45) is 5.92 Å². The molecule has 1 rings (SSSR count). The summed E-state index contributed by atoms with van der Waals surface area (Å²) in [5, 5.41) is 3.08. The second-order valence-corrected chi connectivity index (χ2v) is 6.65. The van der Waals surface area contributed by atoms with Gasteiger partial charge in [-0.1, -0.05) is 32.4 Å². The van der Waals surface area contributed by atoms with E-state index in [4.69, 9.17) is 25.8 Å². The van der Waals surface area contributed by atoms with E-state index in [1.807, 2.05) is 6.92 Å². The molecule has 1 atom stereocenters. The van der Waals surface area contributed by atoms with Crippen LogP contribution in [-0.2, 0) is 19.1 Å². The molecule has 0 aliphatic carbocycles. The van der Waals surface area contributed by atoms with Gasteiger partial charge in [-0.25, -0.2) is 4.79 Å². The van der Waals surface area contributed by atoms with E-state index in [1.165, 1.54) is 0 Å². The molecule has 1 amide bonds. The van der Waals surface area contributed by atoms with Crippen molar-refractivity contribution < 1.29 is 59.6 Å². The van der Waals surface area contributed by atoms with Crippen LogP contribution >= 0.6 is 11.6 Å². The Balaban J connectivity index is 0. The van der Waals surface area contributed by atoms with Crippen LogP contribution in [0.3, 0.4) is 0 Å². The van der Waals surface area contributed by atoms with Gasteiger partial charge in [0.15, 0.2) is 0 Å². The molecule has 0 aliphatic rings. The largest absolute Gasteiger partial charge is 1.00 e. The number of benzene rings is 1. The zero-order chi connectivity index (χ0) is 20.2. The predicted octanol–water partition coefficient (Wildman–Crippen LogP) is 1.19. The van der Waals surface area contributed by atoms with Gasteiger partial charge in [0.05, 0.1) is 0 Å². The quantitative estimate of drug-likeness (QED) is 0.200. The predicted molar refractivity (Wildman–Crippen MR) is 102 cm³/mol. The van der Waals surface area contributed by atoms with Crippen LogP contribution < -0.4 is 39.6 Å². The zero-order valence-corrected chi connectivity index (χ0v) is 19.6. The van der Waals surface area contributed by atoms with E-state index in [1.54, 1.807) is 38.1 Å². The van der Waals surface area contributed by atoms with Gasteiger partial charge in [0, 0.05) is 30.3 Å². The number of halogens is 1. The monoisotopic (exact) mass is 423 g/mol. The number of amides is 1. The second-order valence-electron chi connectivity index (χ2n) is 6.22. The molecule has 0 radical (unpaired) electrons. The summed E-state index contributed by atoms with van der Waals surface area (Å²) in [5.41, 5.74) is 0. The number of nitrogens with one attached hydrogen (secondary N) is 1. The first-order chi connectivity index (χ1) is 12.8. The summed E-state index contributed by atoms with van der Waals surface area (Å²) in [6.07, 6.45) is -0.222. The molecular formula is C19H27ClNNaO6. The molecule has 152 valence electrons. The molecular weight excluding hydrogens is 397 g/mol. The van der Waals surface area contributed by atoms with Crippen molar-refractivity contribution in [2.75, 3.05) is 6.54 Å². The summed E-state index contributed by atoms with van der Waals surface area (Å²) >= 11 is 5.76. The fraction of sp³-hybridized carbons (Fsp3) is 0.526. The maximum Gasteiger partial charge on any atom is 1.00 e. The van der Waals surface area contributed by atoms with E-state index < -0.39 is 24.3 Å². The summed E-state index contributed by atoms with van der Waals surface area (Å²) in [5.74, 6) is -0.591. The van der Waals surface area contributed by atoms with E-state index >= 15 is 0 Å². The Morgan fingerprint density at radius 2 is 1.71 bits per heavy atom. The fourth-order valence-electron chi connectivity index (χ4n) is 1.94. The molecule has 28 heavy (non-hydrogen) atoms. The van der Waals surface area contributed by atoms with Crippen molar-refractivity contribution in [1.82, 2.24) is 5.32 Å². The molecule has 1 aromatic rings. The molecule has 1 unspecified atom stereocenters. The summed E-state index contributed by atoms with van der Waals surface area (Å²) in [6.45, 7) is 5.65. The minimum absolute atomic E-state index is 0. The first-order valence-electron chi connectivity index (χ1n) is 8.92. The number of esters is 2. The van der Waals surface area contributed by atoms with Gasteiger partial charge in [-0.3, -0.25) is 9.59 Å². The van der Waals surface area contributed by atoms with Crippen LogP contribution in [0.1, 0.15) is 47.9 Å². The third-order valence-electron chi connectivity index (χ3n) is 3.34. The van der Waals surface area contributed by atoms with Gasteiger partial charge in [0.25, 0.3) is 6.29 Å².